The average molecular weight is 286 g/mol. The zero-order valence-electron chi connectivity index (χ0n) is 11.5. The van der Waals surface area contributed by atoms with Gasteiger partial charge in [0.15, 0.2) is 0 Å². The number of benzene rings is 2. The summed E-state index contributed by atoms with van der Waals surface area (Å²) in [5.41, 5.74) is 10.4. The normalized spacial score (nSPS) is 12.8. The van der Waals surface area contributed by atoms with Crippen molar-refractivity contribution in [2.45, 2.75) is 19.9 Å². The van der Waals surface area contributed by atoms with E-state index in [1.54, 1.807) is 0 Å². The third-order valence-corrected chi connectivity index (χ3v) is 3.71. The summed E-state index contributed by atoms with van der Waals surface area (Å²) in [5, 5.41) is 1.77. The number of hydrogen-bond donors (Lipinski definition) is 1. The Kier molecular flexibility index (Phi) is 3.28. The van der Waals surface area contributed by atoms with Crippen LogP contribution in [0.1, 0.15) is 28.5 Å². The molecule has 20 heavy (non-hydrogen) atoms. The summed E-state index contributed by atoms with van der Waals surface area (Å²) in [6.45, 7) is 4.04. The molecule has 1 aromatic heterocycles. The number of para-hydroxylation sites is 1. The first kappa shape index (κ1) is 13.2. The molecule has 0 aliphatic carbocycles. The van der Waals surface area contributed by atoms with Crippen molar-refractivity contribution >= 4 is 22.6 Å². The Morgan fingerprint density at radius 2 is 1.90 bits per heavy atom. The molecule has 0 saturated heterocycles. The smallest absolute Gasteiger partial charge is 0.137 e. The van der Waals surface area contributed by atoms with E-state index in [4.69, 9.17) is 21.8 Å². The lowest BCUT2D eigenvalue weighted by atomic mass is 10.0. The van der Waals surface area contributed by atoms with Crippen molar-refractivity contribution in [3.8, 4) is 0 Å². The topological polar surface area (TPSA) is 39.2 Å². The molecule has 0 aliphatic rings. The maximum Gasteiger partial charge on any atom is 0.137 e. The number of fused-ring (bicyclic) bond motifs is 1. The van der Waals surface area contributed by atoms with Crippen LogP contribution in [0.4, 0.5) is 0 Å². The summed E-state index contributed by atoms with van der Waals surface area (Å²) in [4.78, 5) is 0. The molecule has 3 aromatic rings. The van der Waals surface area contributed by atoms with Crippen molar-refractivity contribution in [1.82, 2.24) is 0 Å². The molecule has 0 spiro atoms. The lowest BCUT2D eigenvalue weighted by Crippen LogP contribution is -2.11. The minimum atomic E-state index is -0.306. The SMILES string of the molecule is Cc1cc(Cl)cc(C(N)c2cc3cccc(C)c3o2)c1. The molecule has 2 nitrogen and oxygen atoms in total. The van der Waals surface area contributed by atoms with Crippen LogP contribution in [0.15, 0.2) is 46.9 Å². The first-order valence-electron chi connectivity index (χ1n) is 6.56. The molecule has 0 aliphatic heterocycles. The van der Waals surface area contributed by atoms with Crippen LogP contribution < -0.4 is 5.73 Å². The van der Waals surface area contributed by atoms with E-state index in [0.29, 0.717) is 5.02 Å². The molecule has 3 rings (SSSR count). The van der Waals surface area contributed by atoms with E-state index in [1.807, 2.05) is 56.3 Å². The van der Waals surface area contributed by atoms with Crippen LogP contribution in [0.2, 0.25) is 5.02 Å². The average Bonchev–Trinajstić information content (AvgIpc) is 2.82. The van der Waals surface area contributed by atoms with E-state index in [1.165, 1.54) is 0 Å². The molecule has 2 N–H and O–H groups in total. The second-order valence-corrected chi connectivity index (χ2v) is 5.62. The minimum Gasteiger partial charge on any atom is -0.459 e. The van der Waals surface area contributed by atoms with Gasteiger partial charge in [0.2, 0.25) is 0 Å². The fraction of sp³-hybridized carbons (Fsp3) is 0.176. The maximum absolute atomic E-state index is 6.32. The van der Waals surface area contributed by atoms with Crippen molar-refractivity contribution in [3.05, 3.63) is 69.9 Å². The molecular formula is C17H16ClNO. The van der Waals surface area contributed by atoms with Crippen molar-refractivity contribution in [3.63, 3.8) is 0 Å². The summed E-state index contributed by atoms with van der Waals surface area (Å²) in [5.74, 6) is 0.760. The second kappa shape index (κ2) is 4.97. The van der Waals surface area contributed by atoms with Gasteiger partial charge in [0.05, 0.1) is 6.04 Å². The van der Waals surface area contributed by atoms with Crippen molar-refractivity contribution < 1.29 is 4.42 Å². The van der Waals surface area contributed by atoms with Gasteiger partial charge in [-0.05, 0) is 48.7 Å². The van der Waals surface area contributed by atoms with E-state index in [-0.39, 0.29) is 6.04 Å². The molecule has 3 heteroatoms. The predicted molar refractivity (Wildman–Crippen MR) is 83.2 cm³/mol. The van der Waals surface area contributed by atoms with Gasteiger partial charge in [0, 0.05) is 10.4 Å². The first-order chi connectivity index (χ1) is 9.54. The molecule has 1 heterocycles. The Bertz CT molecular complexity index is 756. The molecule has 1 unspecified atom stereocenters. The molecule has 2 aromatic carbocycles. The van der Waals surface area contributed by atoms with Gasteiger partial charge in [0.1, 0.15) is 11.3 Å². The quantitative estimate of drug-likeness (QED) is 0.738. The molecular weight excluding hydrogens is 270 g/mol. The summed E-state index contributed by atoms with van der Waals surface area (Å²) in [6, 6.07) is 13.6. The number of hydrogen-bond acceptors (Lipinski definition) is 2. The van der Waals surface area contributed by atoms with Crippen LogP contribution in [0.5, 0.6) is 0 Å². The van der Waals surface area contributed by atoms with Crippen LogP contribution in [0.3, 0.4) is 0 Å². The Labute approximate surface area is 123 Å². The molecule has 102 valence electrons. The zero-order valence-corrected chi connectivity index (χ0v) is 12.2. The van der Waals surface area contributed by atoms with Crippen LogP contribution >= 0.6 is 11.6 Å². The number of nitrogens with two attached hydrogens (primary N) is 1. The van der Waals surface area contributed by atoms with E-state index < -0.39 is 0 Å². The standard InChI is InChI=1S/C17H16ClNO/c1-10-6-13(8-14(18)7-10)16(19)15-9-12-5-3-4-11(2)17(12)20-15/h3-9,16H,19H2,1-2H3. The highest BCUT2D eigenvalue weighted by atomic mass is 35.5. The highest BCUT2D eigenvalue weighted by Gasteiger charge is 2.15. The molecule has 0 amide bonds. The molecule has 0 fully saturated rings. The largest absolute Gasteiger partial charge is 0.459 e. The van der Waals surface area contributed by atoms with Crippen LogP contribution in [0, 0.1) is 13.8 Å². The Morgan fingerprint density at radius 3 is 2.60 bits per heavy atom. The van der Waals surface area contributed by atoms with Gasteiger partial charge in [-0.2, -0.15) is 0 Å². The lowest BCUT2D eigenvalue weighted by Gasteiger charge is -2.10. The lowest BCUT2D eigenvalue weighted by molar-refractivity contribution is 0.523. The fourth-order valence-corrected chi connectivity index (χ4v) is 2.79. The predicted octanol–water partition coefficient (Wildman–Crippen LogP) is 4.75. The molecule has 0 saturated carbocycles. The molecule has 0 bridgehead atoms. The zero-order chi connectivity index (χ0) is 14.3. The van der Waals surface area contributed by atoms with Gasteiger partial charge in [-0.3, -0.25) is 0 Å². The van der Waals surface area contributed by atoms with Gasteiger partial charge in [-0.1, -0.05) is 35.9 Å². The van der Waals surface area contributed by atoms with Gasteiger partial charge in [-0.15, -0.1) is 0 Å². The third-order valence-electron chi connectivity index (χ3n) is 3.49. The van der Waals surface area contributed by atoms with Gasteiger partial charge in [-0.25, -0.2) is 0 Å². The van der Waals surface area contributed by atoms with Crippen LogP contribution in [-0.2, 0) is 0 Å². The summed E-state index contributed by atoms with van der Waals surface area (Å²) in [6.07, 6.45) is 0. The second-order valence-electron chi connectivity index (χ2n) is 5.18. The first-order valence-corrected chi connectivity index (χ1v) is 6.94. The summed E-state index contributed by atoms with van der Waals surface area (Å²) < 4.78 is 5.93. The highest BCUT2D eigenvalue weighted by molar-refractivity contribution is 6.30. The Balaban J connectivity index is 2.07. The minimum absolute atomic E-state index is 0.306. The van der Waals surface area contributed by atoms with Gasteiger partial charge in [0.25, 0.3) is 0 Å². The monoisotopic (exact) mass is 285 g/mol. The van der Waals surface area contributed by atoms with Crippen molar-refractivity contribution in [2.75, 3.05) is 0 Å². The summed E-state index contributed by atoms with van der Waals surface area (Å²) >= 11 is 6.10. The molecule has 1 atom stereocenters. The maximum atomic E-state index is 6.32. The number of rotatable bonds is 2. The fourth-order valence-electron chi connectivity index (χ4n) is 2.49. The third kappa shape index (κ3) is 2.33. The van der Waals surface area contributed by atoms with Gasteiger partial charge < -0.3 is 10.2 Å². The number of halogens is 1. The van der Waals surface area contributed by atoms with Crippen molar-refractivity contribution in [1.29, 1.82) is 0 Å². The van der Waals surface area contributed by atoms with E-state index >= 15 is 0 Å². The Hall–Kier alpha value is -1.77. The van der Waals surface area contributed by atoms with Crippen molar-refractivity contribution in [2.24, 2.45) is 5.73 Å². The van der Waals surface area contributed by atoms with Crippen LogP contribution in [-0.4, -0.2) is 0 Å². The summed E-state index contributed by atoms with van der Waals surface area (Å²) in [7, 11) is 0. The van der Waals surface area contributed by atoms with Crippen LogP contribution in [0.25, 0.3) is 11.0 Å². The highest BCUT2D eigenvalue weighted by Crippen LogP contribution is 2.30. The molecule has 0 radical (unpaired) electrons. The van der Waals surface area contributed by atoms with E-state index in [2.05, 4.69) is 0 Å². The Morgan fingerprint density at radius 1 is 1.10 bits per heavy atom. The number of furan rings is 1. The van der Waals surface area contributed by atoms with E-state index in [9.17, 15) is 0 Å². The van der Waals surface area contributed by atoms with E-state index in [0.717, 1.165) is 33.4 Å². The number of aryl methyl sites for hydroxylation is 2. The van der Waals surface area contributed by atoms with Gasteiger partial charge >= 0.3 is 0 Å².